The number of H-pyrrole nitrogens is 1. The van der Waals surface area contributed by atoms with Gasteiger partial charge in [0.1, 0.15) is 0 Å². The molecule has 0 fully saturated rings. The predicted molar refractivity (Wildman–Crippen MR) is 44.8 cm³/mol. The molecule has 1 rings (SSSR count). The molecule has 0 aliphatic rings. The van der Waals surface area contributed by atoms with E-state index in [4.69, 9.17) is 18.1 Å². The van der Waals surface area contributed by atoms with Crippen LogP contribution in [0.3, 0.4) is 0 Å². The highest BCUT2D eigenvalue weighted by Crippen LogP contribution is 2.02. The van der Waals surface area contributed by atoms with Gasteiger partial charge in [-0.3, -0.25) is 5.10 Å². The molecule has 0 spiro atoms. The Bertz CT molecular complexity index is 262. The largest absolute Gasteiger partial charge is 0.335 e. The van der Waals surface area contributed by atoms with Crippen LogP contribution < -0.4 is 5.84 Å². The standard InChI is InChI=1S/C4H8N4S2/c1-10-2-3-6-7-4(9)8(3)5/h2,5H2,1H3,(H,7,9). The van der Waals surface area contributed by atoms with Crippen molar-refractivity contribution in [3.8, 4) is 0 Å². The molecule has 0 aliphatic heterocycles. The van der Waals surface area contributed by atoms with Gasteiger partial charge in [-0.15, -0.1) is 0 Å². The number of aromatic nitrogens is 3. The fraction of sp³-hybridized carbons (Fsp3) is 0.500. The number of rotatable bonds is 2. The molecule has 10 heavy (non-hydrogen) atoms. The van der Waals surface area contributed by atoms with Gasteiger partial charge >= 0.3 is 0 Å². The minimum absolute atomic E-state index is 0.462. The van der Waals surface area contributed by atoms with Crippen LogP contribution >= 0.6 is 24.0 Å². The lowest BCUT2D eigenvalue weighted by Crippen LogP contribution is -2.11. The van der Waals surface area contributed by atoms with E-state index in [2.05, 4.69) is 10.2 Å². The molecule has 3 N–H and O–H groups in total. The zero-order valence-corrected chi connectivity index (χ0v) is 7.13. The van der Waals surface area contributed by atoms with Crippen molar-refractivity contribution < 1.29 is 0 Å². The molecule has 0 unspecified atom stereocenters. The van der Waals surface area contributed by atoms with Crippen LogP contribution in [0.5, 0.6) is 0 Å². The van der Waals surface area contributed by atoms with E-state index in [0.29, 0.717) is 4.77 Å². The summed E-state index contributed by atoms with van der Waals surface area (Å²) in [6, 6.07) is 0. The van der Waals surface area contributed by atoms with Crippen LogP contribution in [0.15, 0.2) is 0 Å². The Labute approximate surface area is 67.8 Å². The van der Waals surface area contributed by atoms with Gasteiger partial charge in [-0.2, -0.15) is 16.9 Å². The van der Waals surface area contributed by atoms with E-state index >= 15 is 0 Å². The zero-order chi connectivity index (χ0) is 7.56. The van der Waals surface area contributed by atoms with Crippen molar-refractivity contribution in [1.82, 2.24) is 14.9 Å². The third kappa shape index (κ3) is 1.32. The lowest BCUT2D eigenvalue weighted by molar-refractivity contribution is 0.906. The minimum Gasteiger partial charge on any atom is -0.335 e. The fourth-order valence-corrected chi connectivity index (χ4v) is 1.18. The van der Waals surface area contributed by atoms with Crippen molar-refractivity contribution in [1.29, 1.82) is 0 Å². The molecule has 0 bridgehead atoms. The topological polar surface area (TPSA) is 59.6 Å². The summed E-state index contributed by atoms with van der Waals surface area (Å²) in [6.07, 6.45) is 1.98. The lowest BCUT2D eigenvalue weighted by atomic mass is 10.7. The quantitative estimate of drug-likeness (QED) is 0.509. The number of nitrogens with two attached hydrogens (primary N) is 1. The molecule has 0 radical (unpaired) electrons. The third-order valence-electron chi connectivity index (χ3n) is 1.05. The van der Waals surface area contributed by atoms with Gasteiger partial charge in [0, 0.05) is 0 Å². The first-order chi connectivity index (χ1) is 4.75. The second kappa shape index (κ2) is 3.07. The summed E-state index contributed by atoms with van der Waals surface area (Å²) in [6.45, 7) is 0. The highest BCUT2D eigenvalue weighted by atomic mass is 32.2. The molecule has 0 atom stereocenters. The van der Waals surface area contributed by atoms with E-state index < -0.39 is 0 Å². The first kappa shape index (κ1) is 7.62. The summed E-state index contributed by atoms with van der Waals surface area (Å²) < 4.78 is 1.84. The zero-order valence-electron chi connectivity index (χ0n) is 5.50. The number of nitrogens with zero attached hydrogens (tertiary/aromatic N) is 2. The van der Waals surface area contributed by atoms with E-state index in [-0.39, 0.29) is 0 Å². The van der Waals surface area contributed by atoms with Crippen LogP contribution in [0.4, 0.5) is 0 Å². The Morgan fingerprint density at radius 2 is 2.60 bits per heavy atom. The molecular weight excluding hydrogens is 168 g/mol. The Hall–Kier alpha value is -0.490. The first-order valence-electron chi connectivity index (χ1n) is 2.66. The number of aromatic amines is 1. The third-order valence-corrected chi connectivity index (χ3v) is 1.89. The molecule has 1 aromatic heterocycles. The summed E-state index contributed by atoms with van der Waals surface area (Å²) in [4.78, 5) is 0. The lowest BCUT2D eigenvalue weighted by Gasteiger charge is -1.94. The van der Waals surface area contributed by atoms with Gasteiger partial charge in [-0.1, -0.05) is 0 Å². The number of nitrogen functional groups attached to an aromatic ring is 1. The fourth-order valence-electron chi connectivity index (χ4n) is 0.568. The van der Waals surface area contributed by atoms with Crippen molar-refractivity contribution in [2.75, 3.05) is 12.1 Å². The molecule has 4 nitrogen and oxygen atoms in total. The Kier molecular flexibility index (Phi) is 2.34. The predicted octanol–water partition coefficient (Wildman–Crippen LogP) is 0.517. The van der Waals surface area contributed by atoms with Crippen molar-refractivity contribution in [2.24, 2.45) is 0 Å². The first-order valence-corrected chi connectivity index (χ1v) is 4.46. The summed E-state index contributed by atoms with van der Waals surface area (Å²) in [5.74, 6) is 7.05. The van der Waals surface area contributed by atoms with Gasteiger partial charge < -0.3 is 5.84 Å². The maximum atomic E-state index is 5.49. The van der Waals surface area contributed by atoms with Gasteiger partial charge in [0.15, 0.2) is 5.82 Å². The maximum Gasteiger partial charge on any atom is 0.214 e. The van der Waals surface area contributed by atoms with Crippen molar-refractivity contribution in [3.05, 3.63) is 10.6 Å². The van der Waals surface area contributed by atoms with Crippen LogP contribution in [0, 0.1) is 4.77 Å². The van der Waals surface area contributed by atoms with E-state index in [1.165, 1.54) is 4.68 Å². The molecule has 0 saturated heterocycles. The van der Waals surface area contributed by atoms with Crippen LogP contribution in [-0.2, 0) is 5.75 Å². The number of thioether (sulfide) groups is 1. The van der Waals surface area contributed by atoms with Crippen molar-refractivity contribution >= 4 is 24.0 Å². The average molecular weight is 176 g/mol. The molecule has 6 heteroatoms. The highest BCUT2D eigenvalue weighted by Gasteiger charge is 1.99. The number of nitrogens with one attached hydrogen (secondary N) is 1. The minimum atomic E-state index is 0.462. The van der Waals surface area contributed by atoms with Gasteiger partial charge in [-0.05, 0) is 18.5 Å². The smallest absolute Gasteiger partial charge is 0.214 e. The average Bonchev–Trinajstić information content (AvgIpc) is 2.20. The summed E-state index contributed by atoms with van der Waals surface area (Å²) in [5, 5.41) is 6.50. The van der Waals surface area contributed by atoms with Crippen LogP contribution in [0.25, 0.3) is 0 Å². The van der Waals surface area contributed by atoms with E-state index in [1.807, 2.05) is 6.26 Å². The molecule has 0 aliphatic carbocycles. The summed E-state index contributed by atoms with van der Waals surface area (Å²) >= 11 is 6.45. The molecular formula is C4H8N4S2. The molecule has 0 amide bonds. The van der Waals surface area contributed by atoms with Gasteiger partial charge in [0.05, 0.1) is 5.75 Å². The van der Waals surface area contributed by atoms with Gasteiger partial charge in [-0.25, -0.2) is 4.68 Å². The normalized spacial score (nSPS) is 10.1. The van der Waals surface area contributed by atoms with Crippen molar-refractivity contribution in [2.45, 2.75) is 5.75 Å². The summed E-state index contributed by atoms with van der Waals surface area (Å²) in [5.41, 5.74) is 0. The van der Waals surface area contributed by atoms with Crippen LogP contribution in [0.1, 0.15) is 5.82 Å². The van der Waals surface area contributed by atoms with Gasteiger partial charge in [0.25, 0.3) is 0 Å². The van der Waals surface area contributed by atoms with Gasteiger partial charge in [0.2, 0.25) is 4.77 Å². The second-order valence-electron chi connectivity index (χ2n) is 1.75. The van der Waals surface area contributed by atoms with Crippen molar-refractivity contribution in [3.63, 3.8) is 0 Å². The van der Waals surface area contributed by atoms with E-state index in [1.54, 1.807) is 11.8 Å². The Balaban J connectivity index is 2.94. The highest BCUT2D eigenvalue weighted by molar-refractivity contribution is 7.97. The molecule has 1 aromatic rings. The van der Waals surface area contributed by atoms with E-state index in [9.17, 15) is 0 Å². The monoisotopic (exact) mass is 176 g/mol. The van der Waals surface area contributed by atoms with E-state index in [0.717, 1.165) is 11.6 Å². The van der Waals surface area contributed by atoms with Crippen LogP contribution in [0.2, 0.25) is 0 Å². The maximum absolute atomic E-state index is 5.49. The SMILES string of the molecule is CSCc1n[nH]c(=S)n1N. The number of hydrogen-bond acceptors (Lipinski definition) is 4. The Morgan fingerprint density at radius 3 is 3.00 bits per heavy atom. The Morgan fingerprint density at radius 1 is 1.90 bits per heavy atom. The number of hydrogen-bond donors (Lipinski definition) is 2. The molecule has 56 valence electrons. The molecule has 0 saturated carbocycles. The molecule has 0 aromatic carbocycles. The molecule has 1 heterocycles. The van der Waals surface area contributed by atoms with Crippen LogP contribution in [-0.4, -0.2) is 21.1 Å². The second-order valence-corrected chi connectivity index (χ2v) is 3.00. The summed E-state index contributed by atoms with van der Waals surface area (Å²) in [7, 11) is 0.